The average Bonchev–Trinajstić information content (AvgIpc) is 2.75. The van der Waals surface area contributed by atoms with E-state index in [4.69, 9.17) is 16.3 Å². The second kappa shape index (κ2) is 9.56. The minimum absolute atomic E-state index is 0.0751. The zero-order valence-electron chi connectivity index (χ0n) is 17.2. The number of hydrogen-bond donors (Lipinski definition) is 1. The molecule has 0 aliphatic rings. The molecule has 1 aromatic heterocycles. The molecule has 3 aromatic rings. The molecule has 0 saturated carbocycles. The molecule has 1 N–H and O–H groups in total. The number of carbonyl (C=O) groups excluding carboxylic acids is 2. The van der Waals surface area contributed by atoms with Crippen molar-refractivity contribution < 1.29 is 19.2 Å². The molecule has 166 valence electrons. The molecule has 1 amide bonds. The number of nitro benzene ring substituents is 1. The van der Waals surface area contributed by atoms with Crippen molar-refractivity contribution in [2.24, 2.45) is 5.92 Å². The first-order chi connectivity index (χ1) is 15.2. The van der Waals surface area contributed by atoms with Gasteiger partial charge in [-0.05, 0) is 24.1 Å². The van der Waals surface area contributed by atoms with Crippen LogP contribution in [0.4, 0.5) is 11.4 Å². The van der Waals surface area contributed by atoms with E-state index in [0.717, 1.165) is 6.07 Å². The van der Waals surface area contributed by atoms with Crippen molar-refractivity contribution in [3.63, 3.8) is 0 Å². The number of fused-ring (bicyclic) bond motifs is 1. The van der Waals surface area contributed by atoms with E-state index in [9.17, 15) is 24.5 Å². The summed E-state index contributed by atoms with van der Waals surface area (Å²) < 4.78 is 6.29. The molecule has 0 saturated heterocycles. The van der Waals surface area contributed by atoms with E-state index in [1.54, 1.807) is 24.3 Å². The molecule has 3 rings (SSSR count). The van der Waals surface area contributed by atoms with Crippen molar-refractivity contribution in [1.82, 2.24) is 9.78 Å². The molecule has 0 unspecified atom stereocenters. The van der Waals surface area contributed by atoms with E-state index in [0.29, 0.717) is 17.3 Å². The number of carbonyl (C=O) groups is 2. The highest BCUT2D eigenvalue weighted by Crippen LogP contribution is 2.27. The Morgan fingerprint density at radius 3 is 2.56 bits per heavy atom. The van der Waals surface area contributed by atoms with Gasteiger partial charge < -0.3 is 10.1 Å². The number of benzene rings is 2. The van der Waals surface area contributed by atoms with E-state index in [2.05, 4.69) is 10.4 Å². The highest BCUT2D eigenvalue weighted by Gasteiger charge is 2.20. The first-order valence-corrected chi connectivity index (χ1v) is 9.96. The van der Waals surface area contributed by atoms with Crippen molar-refractivity contribution >= 4 is 45.6 Å². The van der Waals surface area contributed by atoms with Gasteiger partial charge in [0.15, 0.2) is 12.3 Å². The summed E-state index contributed by atoms with van der Waals surface area (Å²) >= 11 is 5.75. The summed E-state index contributed by atoms with van der Waals surface area (Å²) in [5.74, 6) is -1.48. The Labute approximate surface area is 186 Å². The number of esters is 1. The third-order valence-corrected chi connectivity index (χ3v) is 4.68. The smallest absolute Gasteiger partial charge is 0.359 e. The van der Waals surface area contributed by atoms with Crippen molar-refractivity contribution in [3.05, 3.63) is 73.6 Å². The molecule has 0 radical (unpaired) electrons. The minimum Gasteiger partial charge on any atom is -0.451 e. The first kappa shape index (κ1) is 22.9. The Morgan fingerprint density at radius 1 is 1.22 bits per heavy atom. The molecule has 0 fully saturated rings. The van der Waals surface area contributed by atoms with Crippen molar-refractivity contribution in [3.8, 4) is 0 Å². The Bertz CT molecular complexity index is 1270. The fraction of sp³-hybridized carbons (Fsp3) is 0.238. The summed E-state index contributed by atoms with van der Waals surface area (Å²) in [5.41, 5.74) is -0.663. The monoisotopic (exact) mass is 458 g/mol. The summed E-state index contributed by atoms with van der Waals surface area (Å²) in [4.78, 5) is 47.8. The van der Waals surface area contributed by atoms with Gasteiger partial charge in [0.05, 0.1) is 10.3 Å². The lowest BCUT2D eigenvalue weighted by atomic mass is 10.1. The van der Waals surface area contributed by atoms with Gasteiger partial charge in [-0.3, -0.25) is 19.7 Å². The second-order valence-corrected chi connectivity index (χ2v) is 7.73. The number of ether oxygens (including phenoxy) is 1. The fourth-order valence-corrected chi connectivity index (χ4v) is 3.17. The molecule has 10 nitrogen and oxygen atoms in total. The lowest BCUT2D eigenvalue weighted by Crippen LogP contribution is -2.29. The molecule has 0 bridgehead atoms. The minimum atomic E-state index is -0.879. The van der Waals surface area contributed by atoms with Gasteiger partial charge in [0.2, 0.25) is 0 Å². The van der Waals surface area contributed by atoms with Gasteiger partial charge in [0.1, 0.15) is 5.02 Å². The lowest BCUT2D eigenvalue weighted by molar-refractivity contribution is -0.384. The molecule has 11 heteroatoms. The normalized spacial score (nSPS) is 10.9. The number of rotatable bonds is 7. The van der Waals surface area contributed by atoms with Crippen molar-refractivity contribution in [1.29, 1.82) is 0 Å². The maximum atomic E-state index is 12.7. The van der Waals surface area contributed by atoms with Crippen LogP contribution in [0.5, 0.6) is 0 Å². The Morgan fingerprint density at radius 2 is 1.91 bits per heavy atom. The third-order valence-electron chi connectivity index (χ3n) is 4.36. The fourth-order valence-electron chi connectivity index (χ4n) is 2.98. The zero-order valence-corrected chi connectivity index (χ0v) is 18.0. The number of halogens is 1. The largest absolute Gasteiger partial charge is 0.451 e. The molecule has 1 heterocycles. The van der Waals surface area contributed by atoms with Gasteiger partial charge >= 0.3 is 5.97 Å². The van der Waals surface area contributed by atoms with Gasteiger partial charge in [-0.2, -0.15) is 5.10 Å². The van der Waals surface area contributed by atoms with Crippen LogP contribution < -0.4 is 10.9 Å². The van der Waals surface area contributed by atoms with Gasteiger partial charge in [-0.25, -0.2) is 9.48 Å². The molecule has 32 heavy (non-hydrogen) atoms. The zero-order chi connectivity index (χ0) is 23.4. The standard InChI is InChI=1S/C21H19ClN4O6/c1-12(2)10-25-20(28)15-6-4-3-5-14(15)19(24-25)21(29)32-11-18(27)23-13-7-8-16(22)17(9-13)26(30)31/h3-9,12H,10-11H2,1-2H3,(H,23,27). The van der Waals surface area contributed by atoms with Crippen molar-refractivity contribution in [2.45, 2.75) is 20.4 Å². The average molecular weight is 459 g/mol. The molecular formula is C21H19ClN4O6. The Hall–Kier alpha value is -3.79. The maximum absolute atomic E-state index is 12.7. The maximum Gasteiger partial charge on any atom is 0.359 e. The number of nitrogens with zero attached hydrogens (tertiary/aromatic N) is 3. The third kappa shape index (κ3) is 5.09. The van der Waals surface area contributed by atoms with Crippen LogP contribution in [0.1, 0.15) is 24.3 Å². The van der Waals surface area contributed by atoms with Crippen LogP contribution in [0.2, 0.25) is 5.02 Å². The summed E-state index contributed by atoms with van der Waals surface area (Å²) in [6, 6.07) is 10.3. The highest BCUT2D eigenvalue weighted by molar-refractivity contribution is 6.32. The van der Waals surface area contributed by atoms with E-state index in [-0.39, 0.29) is 33.6 Å². The molecule has 0 aliphatic heterocycles. The quantitative estimate of drug-likeness (QED) is 0.325. The second-order valence-electron chi connectivity index (χ2n) is 7.32. The summed E-state index contributed by atoms with van der Waals surface area (Å²) in [5, 5.41) is 18.1. The van der Waals surface area contributed by atoms with Crippen LogP contribution in [-0.4, -0.2) is 33.2 Å². The predicted octanol–water partition coefficient (Wildman–Crippen LogP) is 3.41. The highest BCUT2D eigenvalue weighted by atomic mass is 35.5. The molecular weight excluding hydrogens is 440 g/mol. The van der Waals surface area contributed by atoms with Crippen LogP contribution in [0, 0.1) is 16.0 Å². The van der Waals surface area contributed by atoms with Crippen LogP contribution in [0.3, 0.4) is 0 Å². The summed E-state index contributed by atoms with van der Waals surface area (Å²) in [7, 11) is 0. The van der Waals surface area contributed by atoms with Crippen LogP contribution >= 0.6 is 11.6 Å². The molecule has 0 spiro atoms. The lowest BCUT2D eigenvalue weighted by Gasteiger charge is -2.12. The number of nitro groups is 1. The van der Waals surface area contributed by atoms with Crippen LogP contribution in [0.25, 0.3) is 10.8 Å². The van der Waals surface area contributed by atoms with E-state index in [1.165, 1.54) is 16.8 Å². The number of amides is 1. The first-order valence-electron chi connectivity index (χ1n) is 9.58. The van der Waals surface area contributed by atoms with E-state index in [1.807, 2.05) is 13.8 Å². The van der Waals surface area contributed by atoms with Crippen LogP contribution in [-0.2, 0) is 16.1 Å². The van der Waals surface area contributed by atoms with Gasteiger partial charge in [0, 0.05) is 23.7 Å². The number of anilines is 1. The summed E-state index contributed by atoms with van der Waals surface area (Å²) in [6.07, 6.45) is 0. The number of aromatic nitrogens is 2. The Kier molecular flexibility index (Phi) is 6.84. The number of hydrogen-bond acceptors (Lipinski definition) is 7. The van der Waals surface area contributed by atoms with E-state index >= 15 is 0 Å². The van der Waals surface area contributed by atoms with Crippen molar-refractivity contribution in [2.75, 3.05) is 11.9 Å². The summed E-state index contributed by atoms with van der Waals surface area (Å²) in [6.45, 7) is 3.47. The Balaban J connectivity index is 1.78. The van der Waals surface area contributed by atoms with Gasteiger partial charge in [-0.1, -0.05) is 43.6 Å². The van der Waals surface area contributed by atoms with Crippen LogP contribution in [0.15, 0.2) is 47.3 Å². The SMILES string of the molecule is CC(C)Cn1nc(C(=O)OCC(=O)Nc2ccc(Cl)c([N+](=O)[O-])c2)c2ccccc2c1=O. The predicted molar refractivity (Wildman–Crippen MR) is 118 cm³/mol. The van der Waals surface area contributed by atoms with Gasteiger partial charge in [-0.15, -0.1) is 0 Å². The van der Waals surface area contributed by atoms with Gasteiger partial charge in [0.25, 0.3) is 17.2 Å². The molecule has 0 aliphatic carbocycles. The number of nitrogens with one attached hydrogen (secondary N) is 1. The topological polar surface area (TPSA) is 133 Å². The van der Waals surface area contributed by atoms with E-state index < -0.39 is 23.4 Å². The molecule has 2 aromatic carbocycles. The molecule has 0 atom stereocenters.